The average Bonchev–Trinajstić information content (AvgIpc) is 3.21. The molecule has 6 nitrogen and oxygen atoms in total. The van der Waals surface area contributed by atoms with Gasteiger partial charge in [0.2, 0.25) is 0 Å². The molecule has 1 aliphatic heterocycles. The first kappa shape index (κ1) is 25.0. The average molecular weight is 455 g/mol. The minimum atomic E-state index is -0.161. The number of esters is 1. The second-order valence-corrected chi connectivity index (χ2v) is 8.83. The summed E-state index contributed by atoms with van der Waals surface area (Å²) in [6.07, 6.45) is 14.5. The van der Waals surface area contributed by atoms with Crippen molar-refractivity contribution in [3.8, 4) is 22.9 Å². The van der Waals surface area contributed by atoms with Crippen molar-refractivity contribution in [3.63, 3.8) is 0 Å². The van der Waals surface area contributed by atoms with Crippen molar-refractivity contribution < 1.29 is 19.0 Å². The van der Waals surface area contributed by atoms with E-state index in [0.717, 1.165) is 43.4 Å². The number of hydrogen-bond donors (Lipinski definition) is 0. The minimum Gasteiger partial charge on any atom is -0.490 e. The van der Waals surface area contributed by atoms with E-state index in [9.17, 15) is 4.79 Å². The van der Waals surface area contributed by atoms with Crippen molar-refractivity contribution in [2.45, 2.75) is 84.2 Å². The molecule has 33 heavy (non-hydrogen) atoms. The molecule has 0 unspecified atom stereocenters. The van der Waals surface area contributed by atoms with Crippen molar-refractivity contribution >= 4 is 5.97 Å². The first-order chi connectivity index (χ1) is 16.2. The van der Waals surface area contributed by atoms with E-state index in [1.165, 1.54) is 32.1 Å². The molecular weight excluding hydrogens is 416 g/mol. The number of nitrogens with zero attached hydrogens (tertiary/aromatic N) is 2. The summed E-state index contributed by atoms with van der Waals surface area (Å²) in [7, 11) is 0. The van der Waals surface area contributed by atoms with Crippen LogP contribution < -0.4 is 9.47 Å². The number of benzene rings is 1. The van der Waals surface area contributed by atoms with Crippen LogP contribution in [0.25, 0.3) is 11.4 Å². The van der Waals surface area contributed by atoms with Gasteiger partial charge in [-0.1, -0.05) is 58.8 Å². The molecule has 2 aromatic rings. The van der Waals surface area contributed by atoms with E-state index < -0.39 is 0 Å². The number of aromatic nitrogens is 2. The Morgan fingerprint density at radius 1 is 0.879 bits per heavy atom. The molecule has 0 aliphatic carbocycles. The smallest absolute Gasteiger partial charge is 0.309 e. The van der Waals surface area contributed by atoms with Crippen LogP contribution in [0.2, 0.25) is 0 Å². The molecule has 0 radical (unpaired) electrons. The van der Waals surface area contributed by atoms with Gasteiger partial charge in [-0.15, -0.1) is 0 Å². The molecule has 1 aliphatic rings. The lowest BCUT2D eigenvalue weighted by Gasteiger charge is -2.11. The van der Waals surface area contributed by atoms with Gasteiger partial charge >= 0.3 is 5.97 Å². The van der Waals surface area contributed by atoms with Gasteiger partial charge in [0, 0.05) is 12.0 Å². The van der Waals surface area contributed by atoms with Crippen LogP contribution in [0.4, 0.5) is 0 Å². The Balaban J connectivity index is 1.39. The number of unbranched alkanes of at least 4 members (excludes halogenated alkanes) is 6. The fourth-order valence-electron chi connectivity index (χ4n) is 4.01. The second-order valence-electron chi connectivity index (χ2n) is 8.83. The maximum Gasteiger partial charge on any atom is 0.309 e. The second kappa shape index (κ2) is 13.8. The highest BCUT2D eigenvalue weighted by molar-refractivity contribution is 5.74. The third kappa shape index (κ3) is 8.34. The first-order valence-electron chi connectivity index (χ1n) is 12.6. The highest BCUT2D eigenvalue weighted by atomic mass is 16.6. The monoisotopic (exact) mass is 454 g/mol. The third-order valence-corrected chi connectivity index (χ3v) is 6.01. The van der Waals surface area contributed by atoms with Crippen molar-refractivity contribution in [3.05, 3.63) is 36.7 Å². The van der Waals surface area contributed by atoms with E-state index in [4.69, 9.17) is 14.2 Å². The molecule has 3 rings (SSSR count). The number of cyclic esters (lactones) is 1. The van der Waals surface area contributed by atoms with Gasteiger partial charge in [-0.2, -0.15) is 0 Å². The van der Waals surface area contributed by atoms with Gasteiger partial charge in [-0.25, -0.2) is 9.97 Å². The first-order valence-corrected chi connectivity index (χ1v) is 12.6. The molecule has 0 bridgehead atoms. The number of hydrogen-bond acceptors (Lipinski definition) is 6. The molecule has 1 aromatic heterocycles. The molecule has 180 valence electrons. The zero-order valence-electron chi connectivity index (χ0n) is 20.1. The van der Waals surface area contributed by atoms with E-state index in [-0.39, 0.29) is 18.0 Å². The van der Waals surface area contributed by atoms with Crippen molar-refractivity contribution in [2.24, 2.45) is 5.92 Å². The molecule has 0 N–H and O–H groups in total. The van der Waals surface area contributed by atoms with Gasteiger partial charge in [-0.3, -0.25) is 4.79 Å². The Bertz CT molecular complexity index is 823. The Morgan fingerprint density at radius 2 is 1.58 bits per heavy atom. The van der Waals surface area contributed by atoms with Crippen molar-refractivity contribution in [1.82, 2.24) is 9.97 Å². The summed E-state index contributed by atoms with van der Waals surface area (Å²) >= 11 is 0. The molecule has 2 heterocycles. The predicted octanol–water partition coefficient (Wildman–Crippen LogP) is 6.38. The van der Waals surface area contributed by atoms with Gasteiger partial charge in [-0.05, 0) is 37.1 Å². The lowest BCUT2D eigenvalue weighted by atomic mass is 9.99. The van der Waals surface area contributed by atoms with Crippen LogP contribution in [0.1, 0.15) is 78.1 Å². The maximum atomic E-state index is 11.9. The van der Waals surface area contributed by atoms with Crippen LogP contribution in [-0.4, -0.2) is 35.3 Å². The molecule has 1 aromatic carbocycles. The largest absolute Gasteiger partial charge is 0.490 e. The molecule has 1 saturated heterocycles. The number of carbonyl (C=O) groups excluding carboxylic acids is 1. The van der Waals surface area contributed by atoms with E-state index in [2.05, 4.69) is 23.8 Å². The summed E-state index contributed by atoms with van der Waals surface area (Å²) in [5, 5.41) is 0. The van der Waals surface area contributed by atoms with Crippen LogP contribution in [0.3, 0.4) is 0 Å². The SMILES string of the molecule is CCCCCCCCOc1cnc(-c2ccc(OC[C@@H]3C[C@H](CCCC)C(=O)O3)cc2)nc1. The highest BCUT2D eigenvalue weighted by Crippen LogP contribution is 2.27. The lowest BCUT2D eigenvalue weighted by molar-refractivity contribution is -0.145. The molecule has 2 atom stereocenters. The normalized spacial score (nSPS) is 17.7. The van der Waals surface area contributed by atoms with Crippen molar-refractivity contribution in [2.75, 3.05) is 13.2 Å². The van der Waals surface area contributed by atoms with Crippen LogP contribution in [-0.2, 0) is 9.53 Å². The Morgan fingerprint density at radius 3 is 2.30 bits per heavy atom. The summed E-state index contributed by atoms with van der Waals surface area (Å²) in [6.45, 7) is 5.45. The van der Waals surface area contributed by atoms with E-state index in [0.29, 0.717) is 24.8 Å². The quantitative estimate of drug-likeness (QED) is 0.230. The molecule has 0 saturated carbocycles. The van der Waals surface area contributed by atoms with Gasteiger partial charge < -0.3 is 14.2 Å². The topological polar surface area (TPSA) is 70.5 Å². The number of carbonyl (C=O) groups is 1. The third-order valence-electron chi connectivity index (χ3n) is 6.01. The molecule has 0 amide bonds. The Hall–Kier alpha value is -2.63. The summed E-state index contributed by atoms with van der Waals surface area (Å²) in [6, 6.07) is 7.67. The molecule has 6 heteroatoms. The summed E-state index contributed by atoms with van der Waals surface area (Å²) in [5.41, 5.74) is 0.914. The van der Waals surface area contributed by atoms with Gasteiger partial charge in [0.1, 0.15) is 18.5 Å². The van der Waals surface area contributed by atoms with Crippen LogP contribution in [0.5, 0.6) is 11.5 Å². The van der Waals surface area contributed by atoms with E-state index in [1.807, 2.05) is 24.3 Å². The summed E-state index contributed by atoms with van der Waals surface area (Å²) in [4.78, 5) is 20.8. The van der Waals surface area contributed by atoms with Gasteiger partial charge in [0.25, 0.3) is 0 Å². The fourth-order valence-corrected chi connectivity index (χ4v) is 4.01. The maximum absolute atomic E-state index is 11.9. The zero-order chi connectivity index (χ0) is 23.3. The van der Waals surface area contributed by atoms with Crippen molar-refractivity contribution in [1.29, 1.82) is 0 Å². The fraction of sp³-hybridized carbons (Fsp3) is 0.593. The van der Waals surface area contributed by atoms with Crippen LogP contribution >= 0.6 is 0 Å². The molecular formula is C27H38N2O4. The Kier molecular flexibility index (Phi) is 10.5. The minimum absolute atomic E-state index is 0.0239. The Labute approximate surface area is 198 Å². The lowest BCUT2D eigenvalue weighted by Crippen LogP contribution is -2.17. The predicted molar refractivity (Wildman–Crippen MR) is 129 cm³/mol. The number of ether oxygens (including phenoxy) is 3. The van der Waals surface area contributed by atoms with E-state index in [1.54, 1.807) is 12.4 Å². The van der Waals surface area contributed by atoms with Gasteiger partial charge in [0.05, 0.1) is 24.9 Å². The summed E-state index contributed by atoms with van der Waals surface area (Å²) in [5.74, 6) is 2.04. The highest BCUT2D eigenvalue weighted by Gasteiger charge is 2.34. The molecule has 1 fully saturated rings. The number of rotatable bonds is 15. The zero-order valence-corrected chi connectivity index (χ0v) is 20.1. The van der Waals surface area contributed by atoms with Gasteiger partial charge in [0.15, 0.2) is 11.6 Å². The molecule has 0 spiro atoms. The van der Waals surface area contributed by atoms with Crippen LogP contribution in [0, 0.1) is 5.92 Å². The standard InChI is InChI=1S/C27H38N2O4/c1-3-5-7-8-9-10-16-31-25-18-28-26(29-19-25)21-12-14-23(15-13-21)32-20-24-17-22(11-6-4-2)27(30)33-24/h12-15,18-19,22,24H,3-11,16-17,20H2,1-2H3/t22-,24-/m0/s1. The van der Waals surface area contributed by atoms with Crippen LogP contribution in [0.15, 0.2) is 36.7 Å². The van der Waals surface area contributed by atoms with E-state index >= 15 is 0 Å². The summed E-state index contributed by atoms with van der Waals surface area (Å²) < 4.78 is 17.1.